The minimum absolute atomic E-state index is 0.0354. The van der Waals surface area contributed by atoms with Crippen LogP contribution in [0.25, 0.3) is 0 Å². The van der Waals surface area contributed by atoms with Gasteiger partial charge in [0.05, 0.1) is 11.2 Å². The molecule has 2 rings (SSSR count). The van der Waals surface area contributed by atoms with Crippen LogP contribution < -0.4 is 5.73 Å². The molecule has 6 nitrogen and oxygen atoms in total. The van der Waals surface area contributed by atoms with Gasteiger partial charge in [-0.1, -0.05) is 11.6 Å². The van der Waals surface area contributed by atoms with E-state index in [1.807, 2.05) is 0 Å². The molecule has 1 saturated heterocycles. The summed E-state index contributed by atoms with van der Waals surface area (Å²) in [7, 11) is -2.03. The van der Waals surface area contributed by atoms with Crippen LogP contribution in [0.15, 0.2) is 11.2 Å². The van der Waals surface area contributed by atoms with Crippen LogP contribution in [0.2, 0.25) is 5.02 Å². The molecule has 8 heteroatoms. The second-order valence-electron chi connectivity index (χ2n) is 4.19. The van der Waals surface area contributed by atoms with Crippen LogP contribution in [0, 0.1) is 0 Å². The molecule has 1 atom stereocenters. The molecule has 0 spiro atoms. The first-order valence-corrected chi connectivity index (χ1v) is 7.18. The highest BCUT2D eigenvalue weighted by Crippen LogP contribution is 2.25. The predicted molar refractivity (Wildman–Crippen MR) is 64.2 cm³/mol. The van der Waals surface area contributed by atoms with Crippen molar-refractivity contribution in [1.29, 1.82) is 0 Å². The fraction of sp³-hybridized carbons (Fsp3) is 0.667. The van der Waals surface area contributed by atoms with E-state index >= 15 is 0 Å². The lowest BCUT2D eigenvalue weighted by atomic mass is 10.1. The first-order chi connectivity index (χ1) is 7.93. The maximum atomic E-state index is 12.4. The second kappa shape index (κ2) is 4.56. The molecule has 0 bridgehead atoms. The van der Waals surface area contributed by atoms with Crippen LogP contribution >= 0.6 is 11.6 Å². The zero-order chi connectivity index (χ0) is 12.6. The number of nitrogens with two attached hydrogens (primary N) is 1. The van der Waals surface area contributed by atoms with E-state index in [1.165, 1.54) is 15.2 Å². The van der Waals surface area contributed by atoms with Gasteiger partial charge in [0.15, 0.2) is 5.03 Å². The summed E-state index contributed by atoms with van der Waals surface area (Å²) in [6.45, 7) is 0.821. The molecule has 1 aromatic rings. The first-order valence-electron chi connectivity index (χ1n) is 5.36. The van der Waals surface area contributed by atoms with Gasteiger partial charge < -0.3 is 5.73 Å². The monoisotopic (exact) mass is 278 g/mol. The van der Waals surface area contributed by atoms with Crippen molar-refractivity contribution in [2.24, 2.45) is 12.8 Å². The second-order valence-corrected chi connectivity index (χ2v) is 6.45. The van der Waals surface area contributed by atoms with Gasteiger partial charge in [0.2, 0.25) is 0 Å². The minimum Gasteiger partial charge on any atom is -0.327 e. The number of nitrogens with zero attached hydrogens (tertiary/aromatic N) is 3. The van der Waals surface area contributed by atoms with Gasteiger partial charge in [-0.15, -0.1) is 0 Å². The quantitative estimate of drug-likeness (QED) is 0.837. The number of halogens is 1. The summed E-state index contributed by atoms with van der Waals surface area (Å²) in [6, 6.07) is -0.106. The third kappa shape index (κ3) is 2.33. The van der Waals surface area contributed by atoms with Gasteiger partial charge in [-0.3, -0.25) is 4.68 Å². The molecule has 2 N–H and O–H groups in total. The molecular formula is C9H15ClN4O2S. The number of aryl methyl sites for hydroxylation is 1. The third-order valence-electron chi connectivity index (χ3n) is 2.85. The standard InChI is InChI=1S/C9H15ClN4O2S/c1-13-9(8(10)5-12-13)17(15,16)14-4-2-3-7(11)6-14/h5,7H,2-4,6,11H2,1H3. The van der Waals surface area contributed by atoms with Crippen molar-refractivity contribution < 1.29 is 8.42 Å². The number of rotatable bonds is 2. The maximum Gasteiger partial charge on any atom is 0.261 e. The Balaban J connectivity index is 2.36. The van der Waals surface area contributed by atoms with Gasteiger partial charge >= 0.3 is 0 Å². The summed E-state index contributed by atoms with van der Waals surface area (Å²) in [5.41, 5.74) is 5.79. The highest BCUT2D eigenvalue weighted by atomic mass is 35.5. The Hall–Kier alpha value is -0.630. The average Bonchev–Trinajstić information content (AvgIpc) is 2.59. The normalized spacial score (nSPS) is 22.9. The summed E-state index contributed by atoms with van der Waals surface area (Å²) in [6.07, 6.45) is 2.96. The summed E-state index contributed by atoms with van der Waals surface area (Å²) in [5, 5.41) is 4.02. The van der Waals surface area contributed by atoms with Crippen LogP contribution in [-0.2, 0) is 17.1 Å². The Bertz CT molecular complexity index is 494. The van der Waals surface area contributed by atoms with Gasteiger partial charge in [-0.05, 0) is 12.8 Å². The van der Waals surface area contributed by atoms with E-state index in [-0.39, 0.29) is 16.1 Å². The predicted octanol–water partition coefficient (Wildman–Crippen LogP) is 0.185. The molecule has 0 amide bonds. The van der Waals surface area contributed by atoms with E-state index in [4.69, 9.17) is 17.3 Å². The Kier molecular flexibility index (Phi) is 3.44. The van der Waals surface area contributed by atoms with Crippen LogP contribution in [0.1, 0.15) is 12.8 Å². The van der Waals surface area contributed by atoms with E-state index in [0.717, 1.165) is 12.8 Å². The van der Waals surface area contributed by atoms with Crippen LogP contribution in [0.4, 0.5) is 0 Å². The Morgan fingerprint density at radius 1 is 1.59 bits per heavy atom. The fourth-order valence-corrected chi connectivity index (χ4v) is 4.14. The molecule has 1 aliphatic rings. The first kappa shape index (κ1) is 12.8. The SMILES string of the molecule is Cn1ncc(Cl)c1S(=O)(=O)N1CCCC(N)C1. The molecule has 2 heterocycles. The molecule has 0 aromatic carbocycles. The third-order valence-corrected chi connectivity index (χ3v) is 5.22. The van der Waals surface area contributed by atoms with Crippen molar-refractivity contribution in [3.05, 3.63) is 11.2 Å². The zero-order valence-corrected chi connectivity index (χ0v) is 11.1. The Morgan fingerprint density at radius 2 is 2.29 bits per heavy atom. The van der Waals surface area contributed by atoms with Crippen molar-refractivity contribution in [3.63, 3.8) is 0 Å². The number of sulfonamides is 1. The van der Waals surface area contributed by atoms with E-state index < -0.39 is 10.0 Å². The van der Waals surface area contributed by atoms with E-state index in [2.05, 4.69) is 5.10 Å². The molecule has 0 radical (unpaired) electrons. The lowest BCUT2D eigenvalue weighted by Gasteiger charge is -2.29. The van der Waals surface area contributed by atoms with Crippen molar-refractivity contribution >= 4 is 21.6 Å². The van der Waals surface area contributed by atoms with Crippen molar-refractivity contribution in [3.8, 4) is 0 Å². The summed E-state index contributed by atoms with van der Waals surface area (Å²) in [4.78, 5) is 0. The van der Waals surface area contributed by atoms with E-state index in [1.54, 1.807) is 7.05 Å². The van der Waals surface area contributed by atoms with Crippen molar-refractivity contribution in [2.75, 3.05) is 13.1 Å². The number of hydrogen-bond acceptors (Lipinski definition) is 4. The molecule has 0 aliphatic carbocycles. The summed E-state index contributed by atoms with van der Waals surface area (Å²) >= 11 is 5.86. The van der Waals surface area contributed by atoms with E-state index in [0.29, 0.717) is 13.1 Å². The van der Waals surface area contributed by atoms with Gasteiger partial charge in [-0.2, -0.15) is 9.40 Å². The topological polar surface area (TPSA) is 81.2 Å². The largest absolute Gasteiger partial charge is 0.327 e. The Labute approximate surface area is 105 Å². The van der Waals surface area contributed by atoms with Crippen LogP contribution in [-0.4, -0.2) is 41.6 Å². The number of hydrogen-bond donors (Lipinski definition) is 1. The van der Waals surface area contributed by atoms with Crippen molar-refractivity contribution in [1.82, 2.24) is 14.1 Å². The highest BCUT2D eigenvalue weighted by molar-refractivity contribution is 7.89. The number of piperidine rings is 1. The van der Waals surface area contributed by atoms with Gasteiger partial charge in [0.1, 0.15) is 0 Å². The lowest BCUT2D eigenvalue weighted by Crippen LogP contribution is -2.46. The number of aromatic nitrogens is 2. The van der Waals surface area contributed by atoms with Gasteiger partial charge in [-0.25, -0.2) is 8.42 Å². The van der Waals surface area contributed by atoms with Gasteiger partial charge in [0.25, 0.3) is 10.0 Å². The smallest absolute Gasteiger partial charge is 0.261 e. The van der Waals surface area contributed by atoms with Crippen LogP contribution in [0.5, 0.6) is 0 Å². The minimum atomic E-state index is -3.59. The molecule has 17 heavy (non-hydrogen) atoms. The maximum absolute atomic E-state index is 12.4. The Morgan fingerprint density at radius 3 is 2.82 bits per heavy atom. The zero-order valence-electron chi connectivity index (χ0n) is 9.50. The molecule has 1 unspecified atom stereocenters. The average molecular weight is 279 g/mol. The highest BCUT2D eigenvalue weighted by Gasteiger charge is 2.32. The van der Waals surface area contributed by atoms with Crippen molar-refractivity contribution in [2.45, 2.75) is 23.9 Å². The molecule has 1 fully saturated rings. The summed E-state index contributed by atoms with van der Waals surface area (Å²) < 4.78 is 27.4. The molecule has 1 aliphatic heterocycles. The van der Waals surface area contributed by atoms with E-state index in [9.17, 15) is 8.42 Å². The lowest BCUT2D eigenvalue weighted by molar-refractivity contribution is 0.314. The molecule has 0 saturated carbocycles. The van der Waals surface area contributed by atoms with Crippen LogP contribution in [0.3, 0.4) is 0 Å². The molecule has 1 aromatic heterocycles. The molecule has 96 valence electrons. The fourth-order valence-electron chi connectivity index (χ4n) is 2.00. The summed E-state index contributed by atoms with van der Waals surface area (Å²) in [5.74, 6) is 0. The molecular weight excluding hydrogens is 264 g/mol. The van der Waals surface area contributed by atoms with Gasteiger partial charge in [0, 0.05) is 26.2 Å².